The number of unbranched alkanes of at least 4 members (excludes halogenated alkanes) is 4. The third-order valence-corrected chi connectivity index (χ3v) is 4.40. The second-order valence-corrected chi connectivity index (χ2v) is 6.80. The lowest BCUT2D eigenvalue weighted by molar-refractivity contribution is -0.0681. The van der Waals surface area contributed by atoms with Crippen LogP contribution in [0.1, 0.15) is 51.5 Å². The third kappa shape index (κ3) is 6.95. The van der Waals surface area contributed by atoms with Crippen molar-refractivity contribution in [2.45, 2.75) is 58.2 Å². The summed E-state index contributed by atoms with van der Waals surface area (Å²) in [6.45, 7) is 8.49. The third-order valence-electron chi connectivity index (χ3n) is 4.40. The Labute approximate surface area is 147 Å². The van der Waals surface area contributed by atoms with E-state index in [2.05, 4.69) is 24.7 Å². The van der Waals surface area contributed by atoms with Crippen LogP contribution in [0.4, 0.5) is 0 Å². The normalized spacial score (nSPS) is 21.4. The van der Waals surface area contributed by atoms with Crippen LogP contribution in [-0.2, 0) is 4.74 Å². The van der Waals surface area contributed by atoms with Crippen molar-refractivity contribution < 1.29 is 9.47 Å². The van der Waals surface area contributed by atoms with E-state index in [0.29, 0.717) is 12.2 Å². The number of hydrogen-bond acceptors (Lipinski definition) is 3. The molecule has 0 bridgehead atoms. The summed E-state index contributed by atoms with van der Waals surface area (Å²) in [5.74, 6) is 3.52. The molecule has 0 radical (unpaired) electrons. The van der Waals surface area contributed by atoms with E-state index in [-0.39, 0.29) is 0 Å². The highest BCUT2D eigenvalue weighted by atomic mass is 16.5. The first-order chi connectivity index (χ1) is 11.7. The predicted molar refractivity (Wildman–Crippen MR) is 99.4 cm³/mol. The molecule has 2 unspecified atom stereocenters. The zero-order valence-corrected chi connectivity index (χ0v) is 15.2. The van der Waals surface area contributed by atoms with E-state index in [1.54, 1.807) is 0 Å². The van der Waals surface area contributed by atoms with Gasteiger partial charge in [0.1, 0.15) is 5.75 Å². The SMILES string of the molecule is C#Cc1ccc(OCCCCCCCN2CC(C)OC(C)C2)cc1. The van der Waals surface area contributed by atoms with Crippen molar-refractivity contribution in [1.29, 1.82) is 0 Å². The van der Waals surface area contributed by atoms with Crippen LogP contribution in [-0.4, -0.2) is 43.3 Å². The van der Waals surface area contributed by atoms with Crippen molar-refractivity contribution in [3.63, 3.8) is 0 Å². The van der Waals surface area contributed by atoms with E-state index in [1.807, 2.05) is 24.3 Å². The summed E-state index contributed by atoms with van der Waals surface area (Å²) < 4.78 is 11.5. The molecule has 2 rings (SSSR count). The molecule has 0 spiro atoms. The van der Waals surface area contributed by atoms with E-state index in [0.717, 1.165) is 37.4 Å². The van der Waals surface area contributed by atoms with Crippen LogP contribution >= 0.6 is 0 Å². The number of hydrogen-bond donors (Lipinski definition) is 0. The van der Waals surface area contributed by atoms with E-state index in [4.69, 9.17) is 15.9 Å². The largest absolute Gasteiger partial charge is 0.494 e. The van der Waals surface area contributed by atoms with E-state index < -0.39 is 0 Å². The van der Waals surface area contributed by atoms with E-state index >= 15 is 0 Å². The average Bonchev–Trinajstić information content (AvgIpc) is 2.57. The molecule has 132 valence electrons. The summed E-state index contributed by atoms with van der Waals surface area (Å²) in [6, 6.07) is 7.73. The molecule has 1 aliphatic rings. The lowest BCUT2D eigenvalue weighted by Crippen LogP contribution is -2.45. The van der Waals surface area contributed by atoms with Gasteiger partial charge in [0, 0.05) is 18.7 Å². The summed E-state index contributed by atoms with van der Waals surface area (Å²) in [5, 5.41) is 0. The number of morpholine rings is 1. The Balaban J connectivity index is 1.46. The maximum absolute atomic E-state index is 5.77. The second kappa shape index (κ2) is 10.4. The predicted octanol–water partition coefficient (Wildman–Crippen LogP) is 4.11. The van der Waals surface area contributed by atoms with Gasteiger partial charge < -0.3 is 9.47 Å². The van der Waals surface area contributed by atoms with Crippen LogP contribution in [0.2, 0.25) is 0 Å². The number of nitrogens with zero attached hydrogens (tertiary/aromatic N) is 1. The molecule has 1 aromatic carbocycles. The zero-order chi connectivity index (χ0) is 17.2. The van der Waals surface area contributed by atoms with Crippen molar-refractivity contribution in [1.82, 2.24) is 4.90 Å². The molecule has 1 aliphatic heterocycles. The Kier molecular flexibility index (Phi) is 8.15. The lowest BCUT2D eigenvalue weighted by Gasteiger charge is -2.35. The minimum absolute atomic E-state index is 0.376. The van der Waals surface area contributed by atoms with Crippen molar-refractivity contribution >= 4 is 0 Å². The molecule has 0 aliphatic carbocycles. The Morgan fingerprint density at radius 3 is 2.33 bits per heavy atom. The quantitative estimate of drug-likeness (QED) is 0.503. The number of terminal acetylenes is 1. The molecular formula is C21H31NO2. The molecule has 3 heteroatoms. The molecular weight excluding hydrogens is 298 g/mol. The number of ether oxygens (including phenoxy) is 2. The molecule has 0 saturated carbocycles. The minimum Gasteiger partial charge on any atom is -0.494 e. The first-order valence-corrected chi connectivity index (χ1v) is 9.24. The first-order valence-electron chi connectivity index (χ1n) is 9.24. The monoisotopic (exact) mass is 329 g/mol. The fourth-order valence-corrected chi connectivity index (χ4v) is 3.27. The van der Waals surface area contributed by atoms with E-state index in [9.17, 15) is 0 Å². The van der Waals surface area contributed by atoms with Gasteiger partial charge in [-0.05, 0) is 57.5 Å². The fourth-order valence-electron chi connectivity index (χ4n) is 3.27. The molecule has 2 atom stereocenters. The Hall–Kier alpha value is -1.50. The molecule has 0 aromatic heterocycles. The van der Waals surface area contributed by atoms with Gasteiger partial charge in [-0.2, -0.15) is 0 Å². The van der Waals surface area contributed by atoms with Gasteiger partial charge in [-0.1, -0.05) is 25.2 Å². The summed E-state index contributed by atoms with van der Waals surface area (Å²) in [5.41, 5.74) is 0.895. The van der Waals surface area contributed by atoms with Gasteiger partial charge in [0.2, 0.25) is 0 Å². The molecule has 1 aromatic rings. The van der Waals surface area contributed by atoms with Crippen LogP contribution < -0.4 is 4.74 Å². The van der Waals surface area contributed by atoms with Crippen LogP contribution in [0, 0.1) is 12.3 Å². The van der Waals surface area contributed by atoms with Gasteiger partial charge in [0.15, 0.2) is 0 Å². The molecule has 1 saturated heterocycles. The molecule has 1 heterocycles. The maximum Gasteiger partial charge on any atom is 0.119 e. The number of rotatable bonds is 9. The summed E-state index contributed by atoms with van der Waals surface area (Å²) >= 11 is 0. The van der Waals surface area contributed by atoms with Crippen LogP contribution in [0.15, 0.2) is 24.3 Å². The summed E-state index contributed by atoms with van der Waals surface area (Å²) in [7, 11) is 0. The molecule has 0 N–H and O–H groups in total. The standard InChI is InChI=1S/C21H31NO2/c1-4-20-10-12-21(13-11-20)23-15-9-7-5-6-8-14-22-16-18(2)24-19(3)17-22/h1,10-13,18-19H,5-9,14-17H2,2-3H3. The van der Waals surface area contributed by atoms with Crippen LogP contribution in [0.25, 0.3) is 0 Å². The maximum atomic E-state index is 5.77. The van der Waals surface area contributed by atoms with Gasteiger partial charge in [-0.15, -0.1) is 6.42 Å². The highest BCUT2D eigenvalue weighted by molar-refractivity contribution is 5.36. The van der Waals surface area contributed by atoms with Crippen molar-refractivity contribution in [2.24, 2.45) is 0 Å². The highest BCUT2D eigenvalue weighted by Crippen LogP contribution is 2.14. The van der Waals surface area contributed by atoms with Gasteiger partial charge in [0.05, 0.1) is 18.8 Å². The smallest absolute Gasteiger partial charge is 0.119 e. The first kappa shape index (κ1) is 18.8. The van der Waals surface area contributed by atoms with Crippen molar-refractivity contribution in [2.75, 3.05) is 26.2 Å². The topological polar surface area (TPSA) is 21.7 Å². The minimum atomic E-state index is 0.376. The van der Waals surface area contributed by atoms with Gasteiger partial charge in [-0.3, -0.25) is 4.90 Å². The Bertz CT molecular complexity index is 496. The second-order valence-electron chi connectivity index (χ2n) is 6.80. The van der Waals surface area contributed by atoms with Crippen molar-refractivity contribution in [3.05, 3.63) is 29.8 Å². The zero-order valence-electron chi connectivity index (χ0n) is 15.2. The summed E-state index contributed by atoms with van der Waals surface area (Å²) in [6.07, 6.45) is 12.3. The van der Waals surface area contributed by atoms with Crippen LogP contribution in [0.3, 0.4) is 0 Å². The molecule has 3 nitrogen and oxygen atoms in total. The van der Waals surface area contributed by atoms with Gasteiger partial charge in [-0.25, -0.2) is 0 Å². The number of benzene rings is 1. The van der Waals surface area contributed by atoms with Crippen molar-refractivity contribution in [3.8, 4) is 18.1 Å². The Morgan fingerprint density at radius 1 is 1.04 bits per heavy atom. The van der Waals surface area contributed by atoms with E-state index in [1.165, 1.54) is 32.2 Å². The molecule has 1 fully saturated rings. The fraction of sp³-hybridized carbons (Fsp3) is 0.619. The average molecular weight is 329 g/mol. The lowest BCUT2D eigenvalue weighted by atomic mass is 10.1. The summed E-state index contributed by atoms with van der Waals surface area (Å²) in [4.78, 5) is 2.54. The highest BCUT2D eigenvalue weighted by Gasteiger charge is 2.21. The van der Waals surface area contributed by atoms with Crippen LogP contribution in [0.5, 0.6) is 5.75 Å². The molecule has 0 amide bonds. The Morgan fingerprint density at radius 2 is 1.67 bits per heavy atom. The van der Waals surface area contributed by atoms with Gasteiger partial charge in [0.25, 0.3) is 0 Å². The van der Waals surface area contributed by atoms with Gasteiger partial charge >= 0.3 is 0 Å². The molecule has 24 heavy (non-hydrogen) atoms.